The van der Waals surface area contributed by atoms with Gasteiger partial charge in [0.25, 0.3) is 0 Å². The first-order valence-corrected chi connectivity index (χ1v) is 10.7. The molecule has 0 aliphatic carbocycles. The Morgan fingerprint density at radius 3 is 2.37 bits per heavy atom. The fourth-order valence-corrected chi connectivity index (χ4v) is 4.85. The minimum Gasteiger partial charge on any atom is -0.491 e. The maximum absolute atomic E-state index is 13.0. The monoisotopic (exact) mass is 387 g/mol. The van der Waals surface area contributed by atoms with Crippen molar-refractivity contribution < 1.29 is 17.9 Å². The maximum atomic E-state index is 13.0. The summed E-state index contributed by atoms with van der Waals surface area (Å²) in [4.78, 5) is 12.9. The highest BCUT2D eigenvalue weighted by atomic mass is 32.2. The quantitative estimate of drug-likeness (QED) is 0.708. The van der Waals surface area contributed by atoms with Gasteiger partial charge in [0.05, 0.1) is 11.0 Å². The lowest BCUT2D eigenvalue weighted by molar-refractivity contribution is 0.0872. The summed E-state index contributed by atoms with van der Waals surface area (Å²) in [6.45, 7) is 4.50. The highest BCUT2D eigenvalue weighted by molar-refractivity contribution is 7.89. The molecule has 0 bridgehead atoms. The Morgan fingerprint density at radius 1 is 1.07 bits per heavy atom. The number of Topliss-reactive ketones (excluding diaryl/α,β-unsaturated/α-hetero) is 1. The fourth-order valence-electron chi connectivity index (χ4n) is 3.32. The van der Waals surface area contributed by atoms with Gasteiger partial charge in [0.2, 0.25) is 10.0 Å². The average molecular weight is 388 g/mol. The van der Waals surface area contributed by atoms with E-state index < -0.39 is 10.0 Å². The Balaban J connectivity index is 1.75. The zero-order valence-corrected chi connectivity index (χ0v) is 16.5. The van der Waals surface area contributed by atoms with Gasteiger partial charge in [-0.1, -0.05) is 30.3 Å². The molecular formula is C21H25NO4S. The number of rotatable bonds is 6. The molecule has 0 amide bonds. The minimum absolute atomic E-state index is 0.0104. The maximum Gasteiger partial charge on any atom is 0.243 e. The standard InChI is InChI=1S/C21H25NO4S/c1-16(2)26-19-10-12-20(13-11-19)27(24,25)22-14-6-9-18(15-22)21(23)17-7-4-3-5-8-17/h3-5,7-8,10-13,16,18H,6,9,14-15H2,1-2H3. The molecule has 3 rings (SSSR count). The van der Waals surface area contributed by atoms with Crippen LogP contribution < -0.4 is 4.74 Å². The molecule has 2 aromatic rings. The van der Waals surface area contributed by atoms with Crippen LogP contribution in [-0.4, -0.2) is 37.7 Å². The molecule has 1 heterocycles. The van der Waals surface area contributed by atoms with Gasteiger partial charge in [-0.3, -0.25) is 4.79 Å². The summed E-state index contributed by atoms with van der Waals surface area (Å²) in [5.41, 5.74) is 0.636. The molecule has 2 aromatic carbocycles. The van der Waals surface area contributed by atoms with Gasteiger partial charge in [-0.2, -0.15) is 4.31 Å². The van der Waals surface area contributed by atoms with Crippen molar-refractivity contribution in [1.82, 2.24) is 4.31 Å². The summed E-state index contributed by atoms with van der Waals surface area (Å²) in [6, 6.07) is 15.5. The van der Waals surface area contributed by atoms with Crippen molar-refractivity contribution in [2.24, 2.45) is 5.92 Å². The molecule has 1 aliphatic heterocycles. The van der Waals surface area contributed by atoms with E-state index in [1.165, 1.54) is 4.31 Å². The molecule has 1 fully saturated rings. The molecule has 0 N–H and O–H groups in total. The Hall–Kier alpha value is -2.18. The molecule has 1 unspecified atom stereocenters. The minimum atomic E-state index is -3.63. The second kappa shape index (κ2) is 8.23. The van der Waals surface area contributed by atoms with Gasteiger partial charge in [-0.05, 0) is 51.0 Å². The van der Waals surface area contributed by atoms with Gasteiger partial charge in [-0.25, -0.2) is 8.42 Å². The molecule has 27 heavy (non-hydrogen) atoms. The second-order valence-electron chi connectivity index (χ2n) is 7.07. The lowest BCUT2D eigenvalue weighted by atomic mass is 9.91. The summed E-state index contributed by atoms with van der Waals surface area (Å²) in [5.74, 6) is 0.343. The van der Waals surface area contributed by atoms with Crippen LogP contribution in [0.15, 0.2) is 59.5 Å². The Morgan fingerprint density at radius 2 is 1.74 bits per heavy atom. The van der Waals surface area contributed by atoms with Gasteiger partial charge in [-0.15, -0.1) is 0 Å². The first-order valence-electron chi connectivity index (χ1n) is 9.24. The predicted octanol–water partition coefficient (Wildman–Crippen LogP) is 3.76. The third-order valence-electron chi connectivity index (χ3n) is 4.65. The van der Waals surface area contributed by atoms with E-state index in [9.17, 15) is 13.2 Å². The van der Waals surface area contributed by atoms with E-state index in [2.05, 4.69) is 0 Å². The number of ketones is 1. The number of carbonyl (C=O) groups excluding carboxylic acids is 1. The molecule has 0 saturated carbocycles. The lowest BCUT2D eigenvalue weighted by Gasteiger charge is -2.31. The molecular weight excluding hydrogens is 362 g/mol. The molecule has 5 nitrogen and oxygen atoms in total. The number of carbonyl (C=O) groups is 1. The first-order chi connectivity index (χ1) is 12.9. The van der Waals surface area contributed by atoms with Crippen LogP contribution in [0.4, 0.5) is 0 Å². The van der Waals surface area contributed by atoms with Crippen LogP contribution in [-0.2, 0) is 10.0 Å². The Bertz CT molecular complexity index is 876. The van der Waals surface area contributed by atoms with Crippen molar-refractivity contribution in [2.45, 2.75) is 37.7 Å². The van der Waals surface area contributed by atoms with E-state index >= 15 is 0 Å². The van der Waals surface area contributed by atoms with Crippen LogP contribution in [0.3, 0.4) is 0 Å². The molecule has 0 aromatic heterocycles. The van der Waals surface area contributed by atoms with E-state index in [0.29, 0.717) is 30.7 Å². The number of sulfonamides is 1. The summed E-state index contributed by atoms with van der Waals surface area (Å²) in [6.07, 6.45) is 1.41. The van der Waals surface area contributed by atoms with Crippen molar-refractivity contribution in [2.75, 3.05) is 13.1 Å². The van der Waals surface area contributed by atoms with Gasteiger partial charge in [0, 0.05) is 24.6 Å². The van der Waals surface area contributed by atoms with Crippen molar-refractivity contribution in [3.05, 3.63) is 60.2 Å². The van der Waals surface area contributed by atoms with Crippen LogP contribution in [0, 0.1) is 5.92 Å². The summed E-state index contributed by atoms with van der Waals surface area (Å²) >= 11 is 0. The molecule has 144 valence electrons. The number of ether oxygens (including phenoxy) is 1. The normalized spacial score (nSPS) is 18.4. The molecule has 1 saturated heterocycles. The van der Waals surface area contributed by atoms with Gasteiger partial charge < -0.3 is 4.74 Å². The average Bonchev–Trinajstić information content (AvgIpc) is 2.68. The fraction of sp³-hybridized carbons (Fsp3) is 0.381. The van der Waals surface area contributed by atoms with Gasteiger partial charge in [0.15, 0.2) is 5.78 Å². The van der Waals surface area contributed by atoms with E-state index in [1.807, 2.05) is 32.0 Å². The number of piperidine rings is 1. The van der Waals surface area contributed by atoms with Crippen LogP contribution in [0.1, 0.15) is 37.0 Å². The molecule has 0 spiro atoms. The van der Waals surface area contributed by atoms with E-state index in [0.717, 1.165) is 0 Å². The number of hydrogen-bond acceptors (Lipinski definition) is 4. The number of nitrogens with zero attached hydrogens (tertiary/aromatic N) is 1. The molecule has 6 heteroatoms. The predicted molar refractivity (Wildman–Crippen MR) is 104 cm³/mol. The summed E-state index contributed by atoms with van der Waals surface area (Å²) in [7, 11) is -3.63. The Labute approximate surface area is 161 Å². The van der Waals surface area contributed by atoms with E-state index in [-0.39, 0.29) is 29.2 Å². The van der Waals surface area contributed by atoms with E-state index in [4.69, 9.17) is 4.74 Å². The molecule has 1 aliphatic rings. The first kappa shape index (κ1) is 19.6. The molecule has 1 atom stereocenters. The third kappa shape index (κ3) is 4.57. The number of hydrogen-bond donors (Lipinski definition) is 0. The van der Waals surface area contributed by atoms with Gasteiger partial charge >= 0.3 is 0 Å². The van der Waals surface area contributed by atoms with Gasteiger partial charge in [0.1, 0.15) is 5.75 Å². The second-order valence-corrected chi connectivity index (χ2v) is 9.01. The highest BCUT2D eigenvalue weighted by Gasteiger charge is 2.33. The van der Waals surface area contributed by atoms with Crippen LogP contribution in [0.5, 0.6) is 5.75 Å². The van der Waals surface area contributed by atoms with Crippen molar-refractivity contribution >= 4 is 15.8 Å². The largest absolute Gasteiger partial charge is 0.491 e. The Kier molecular flexibility index (Phi) is 5.97. The molecule has 0 radical (unpaired) electrons. The van der Waals surface area contributed by atoms with E-state index in [1.54, 1.807) is 36.4 Å². The zero-order chi connectivity index (χ0) is 19.4. The summed E-state index contributed by atoms with van der Waals surface area (Å²) in [5, 5.41) is 0. The third-order valence-corrected chi connectivity index (χ3v) is 6.53. The van der Waals surface area contributed by atoms with Crippen molar-refractivity contribution in [3.63, 3.8) is 0 Å². The summed E-state index contributed by atoms with van der Waals surface area (Å²) < 4.78 is 33.0. The van der Waals surface area contributed by atoms with Crippen LogP contribution in [0.25, 0.3) is 0 Å². The van der Waals surface area contributed by atoms with Crippen molar-refractivity contribution in [3.8, 4) is 5.75 Å². The number of benzene rings is 2. The van der Waals surface area contributed by atoms with Crippen molar-refractivity contribution in [1.29, 1.82) is 0 Å². The highest BCUT2D eigenvalue weighted by Crippen LogP contribution is 2.27. The lowest BCUT2D eigenvalue weighted by Crippen LogP contribution is -2.42. The van der Waals surface area contributed by atoms with Crippen LogP contribution >= 0.6 is 0 Å². The SMILES string of the molecule is CC(C)Oc1ccc(S(=O)(=O)N2CCCC(C(=O)c3ccccc3)C2)cc1. The topological polar surface area (TPSA) is 63.7 Å². The smallest absolute Gasteiger partial charge is 0.243 e. The zero-order valence-electron chi connectivity index (χ0n) is 15.7. The van der Waals surface area contributed by atoms with Crippen LogP contribution in [0.2, 0.25) is 0 Å².